The SMILES string of the molecule is CN(C)c1ccc([C@@H](CNC(=O)c2ccccc2C(F)(F)F)[NH+]2CCCC2)cc1. The number of hydrogen-bond donors (Lipinski definition) is 2. The van der Waals surface area contributed by atoms with Crippen molar-refractivity contribution >= 4 is 11.6 Å². The minimum Gasteiger partial charge on any atom is -0.378 e. The highest BCUT2D eigenvalue weighted by Gasteiger charge is 2.35. The van der Waals surface area contributed by atoms with Crippen molar-refractivity contribution < 1.29 is 22.9 Å². The van der Waals surface area contributed by atoms with Gasteiger partial charge in [0.15, 0.2) is 0 Å². The number of hydrogen-bond acceptors (Lipinski definition) is 2. The molecule has 0 radical (unpaired) electrons. The van der Waals surface area contributed by atoms with Crippen LogP contribution in [0.25, 0.3) is 0 Å². The summed E-state index contributed by atoms with van der Waals surface area (Å²) in [4.78, 5) is 15.9. The molecule has 0 aliphatic carbocycles. The quantitative estimate of drug-likeness (QED) is 0.774. The van der Waals surface area contributed by atoms with Gasteiger partial charge in [0.05, 0.1) is 30.8 Å². The van der Waals surface area contributed by atoms with Gasteiger partial charge >= 0.3 is 6.18 Å². The molecule has 3 rings (SSSR count). The summed E-state index contributed by atoms with van der Waals surface area (Å²) in [6.07, 6.45) is -2.32. The number of nitrogens with zero attached hydrogens (tertiary/aromatic N) is 1. The molecule has 4 nitrogen and oxygen atoms in total. The fraction of sp³-hybridized carbons (Fsp3) is 0.409. The zero-order valence-electron chi connectivity index (χ0n) is 16.7. The van der Waals surface area contributed by atoms with E-state index in [-0.39, 0.29) is 11.6 Å². The Labute approximate surface area is 169 Å². The first-order valence-corrected chi connectivity index (χ1v) is 9.83. The molecule has 2 aromatic rings. The van der Waals surface area contributed by atoms with Gasteiger partial charge in [-0.25, -0.2) is 0 Å². The van der Waals surface area contributed by atoms with Gasteiger partial charge in [-0.15, -0.1) is 0 Å². The van der Waals surface area contributed by atoms with E-state index < -0.39 is 17.6 Å². The Kier molecular flexibility index (Phi) is 6.47. The predicted molar refractivity (Wildman–Crippen MR) is 107 cm³/mol. The maximum atomic E-state index is 13.2. The number of benzene rings is 2. The number of likely N-dealkylation sites (tertiary alicyclic amines) is 1. The number of carbonyl (C=O) groups excluding carboxylic acids is 1. The average molecular weight is 406 g/mol. The number of alkyl halides is 3. The second kappa shape index (κ2) is 8.86. The van der Waals surface area contributed by atoms with Gasteiger partial charge in [0.25, 0.3) is 5.91 Å². The Bertz CT molecular complexity index is 828. The van der Waals surface area contributed by atoms with Gasteiger partial charge in [-0.1, -0.05) is 24.3 Å². The van der Waals surface area contributed by atoms with Crippen LogP contribution in [0.5, 0.6) is 0 Å². The van der Waals surface area contributed by atoms with Crippen LogP contribution >= 0.6 is 0 Å². The summed E-state index contributed by atoms with van der Waals surface area (Å²) >= 11 is 0. The second-order valence-corrected chi connectivity index (χ2v) is 7.66. The predicted octanol–water partition coefficient (Wildman–Crippen LogP) is 2.92. The van der Waals surface area contributed by atoms with Crippen molar-refractivity contribution in [3.05, 3.63) is 65.2 Å². The molecular weight excluding hydrogens is 379 g/mol. The van der Waals surface area contributed by atoms with Crippen molar-refractivity contribution in [2.24, 2.45) is 0 Å². The van der Waals surface area contributed by atoms with Crippen LogP contribution in [0.4, 0.5) is 18.9 Å². The normalized spacial score (nSPS) is 15.9. The van der Waals surface area contributed by atoms with E-state index in [9.17, 15) is 18.0 Å². The first-order valence-electron chi connectivity index (χ1n) is 9.83. The van der Waals surface area contributed by atoms with Gasteiger partial charge in [-0.3, -0.25) is 4.79 Å². The van der Waals surface area contributed by atoms with E-state index in [1.807, 2.05) is 43.3 Å². The molecule has 7 heteroatoms. The molecule has 2 N–H and O–H groups in total. The fourth-order valence-electron chi connectivity index (χ4n) is 3.90. The Morgan fingerprint density at radius 3 is 2.28 bits per heavy atom. The van der Waals surface area contributed by atoms with E-state index in [4.69, 9.17) is 0 Å². The van der Waals surface area contributed by atoms with Crippen LogP contribution in [0.2, 0.25) is 0 Å². The molecule has 29 heavy (non-hydrogen) atoms. The lowest BCUT2D eigenvalue weighted by Crippen LogP contribution is -3.11. The Morgan fingerprint density at radius 1 is 1.07 bits per heavy atom. The minimum atomic E-state index is -4.56. The Hall–Kier alpha value is -2.54. The van der Waals surface area contributed by atoms with Gasteiger partial charge < -0.3 is 15.1 Å². The summed E-state index contributed by atoms with van der Waals surface area (Å²) in [7, 11) is 3.94. The molecule has 1 atom stereocenters. The topological polar surface area (TPSA) is 36.8 Å². The van der Waals surface area contributed by atoms with Crippen LogP contribution in [0.15, 0.2) is 48.5 Å². The summed E-state index contributed by atoms with van der Waals surface area (Å²) in [6.45, 7) is 2.28. The number of carbonyl (C=O) groups is 1. The third-order valence-corrected chi connectivity index (χ3v) is 5.49. The van der Waals surface area contributed by atoms with E-state index in [1.54, 1.807) is 0 Å². The lowest BCUT2D eigenvalue weighted by molar-refractivity contribution is -0.918. The molecular formula is C22H27F3N3O+. The summed E-state index contributed by atoms with van der Waals surface area (Å²) < 4.78 is 39.7. The lowest BCUT2D eigenvalue weighted by Gasteiger charge is -2.26. The van der Waals surface area contributed by atoms with Crippen LogP contribution in [0.3, 0.4) is 0 Å². The highest BCUT2D eigenvalue weighted by Crippen LogP contribution is 2.31. The molecule has 0 bridgehead atoms. The molecule has 1 amide bonds. The van der Waals surface area contributed by atoms with Crippen molar-refractivity contribution in [2.75, 3.05) is 38.6 Å². The zero-order valence-corrected chi connectivity index (χ0v) is 16.7. The van der Waals surface area contributed by atoms with Crippen molar-refractivity contribution in [3.8, 4) is 0 Å². The average Bonchev–Trinajstić information content (AvgIpc) is 3.22. The van der Waals surface area contributed by atoms with Crippen molar-refractivity contribution in [1.29, 1.82) is 0 Å². The summed E-state index contributed by atoms with van der Waals surface area (Å²) in [5.41, 5.74) is 0.917. The van der Waals surface area contributed by atoms with Crippen molar-refractivity contribution in [2.45, 2.75) is 25.1 Å². The lowest BCUT2D eigenvalue weighted by atomic mass is 10.0. The smallest absolute Gasteiger partial charge is 0.378 e. The molecule has 1 aliphatic heterocycles. The molecule has 0 spiro atoms. The van der Waals surface area contributed by atoms with Crippen LogP contribution < -0.4 is 15.1 Å². The molecule has 1 saturated heterocycles. The maximum Gasteiger partial charge on any atom is 0.417 e. The van der Waals surface area contributed by atoms with Gasteiger partial charge in [0.2, 0.25) is 0 Å². The first kappa shape index (κ1) is 21.2. The summed E-state index contributed by atoms with van der Waals surface area (Å²) in [5.74, 6) is -0.688. The second-order valence-electron chi connectivity index (χ2n) is 7.66. The maximum absolute atomic E-state index is 13.2. The highest BCUT2D eigenvalue weighted by molar-refractivity contribution is 5.95. The Balaban J connectivity index is 1.78. The number of halogens is 3. The van der Waals surface area contributed by atoms with E-state index >= 15 is 0 Å². The summed E-state index contributed by atoms with van der Waals surface area (Å²) in [6, 6.07) is 13.1. The molecule has 1 fully saturated rings. The Morgan fingerprint density at radius 2 is 1.69 bits per heavy atom. The molecule has 1 aliphatic rings. The van der Waals surface area contributed by atoms with E-state index in [0.29, 0.717) is 6.54 Å². The summed E-state index contributed by atoms with van der Waals surface area (Å²) in [5, 5.41) is 2.75. The van der Waals surface area contributed by atoms with Crippen LogP contribution in [-0.4, -0.2) is 39.6 Å². The third-order valence-electron chi connectivity index (χ3n) is 5.49. The van der Waals surface area contributed by atoms with Crippen LogP contribution in [0, 0.1) is 0 Å². The van der Waals surface area contributed by atoms with E-state index in [2.05, 4.69) is 5.32 Å². The van der Waals surface area contributed by atoms with Crippen LogP contribution in [0.1, 0.15) is 40.4 Å². The molecule has 0 aromatic heterocycles. The molecule has 156 valence electrons. The van der Waals surface area contributed by atoms with E-state index in [1.165, 1.54) is 23.1 Å². The fourth-order valence-corrected chi connectivity index (χ4v) is 3.90. The van der Waals surface area contributed by atoms with Crippen LogP contribution in [-0.2, 0) is 6.18 Å². The van der Waals surface area contributed by atoms with E-state index in [0.717, 1.165) is 43.2 Å². The van der Waals surface area contributed by atoms with Gasteiger partial charge in [0, 0.05) is 38.2 Å². The van der Waals surface area contributed by atoms with Gasteiger partial charge in [-0.05, 0) is 24.3 Å². The van der Waals surface area contributed by atoms with Crippen molar-refractivity contribution in [1.82, 2.24) is 5.32 Å². The molecule has 0 unspecified atom stereocenters. The monoisotopic (exact) mass is 406 g/mol. The number of rotatable bonds is 6. The minimum absolute atomic E-state index is 0.00992. The third kappa shape index (κ3) is 5.09. The number of quaternary nitrogens is 1. The zero-order chi connectivity index (χ0) is 21.0. The standard InChI is InChI=1S/C22H26F3N3O/c1-27(2)17-11-9-16(10-12-17)20(28-13-5-6-14-28)15-26-21(29)18-7-3-4-8-19(18)22(23,24)25/h3-4,7-12,20H,5-6,13-15H2,1-2H3,(H,26,29)/p+1/t20-/m1/s1. The highest BCUT2D eigenvalue weighted by atomic mass is 19.4. The van der Waals surface area contributed by atoms with Gasteiger partial charge in [-0.2, -0.15) is 13.2 Å². The largest absolute Gasteiger partial charge is 0.417 e. The number of anilines is 1. The number of amides is 1. The van der Waals surface area contributed by atoms with Gasteiger partial charge in [0.1, 0.15) is 6.04 Å². The number of nitrogens with one attached hydrogen (secondary N) is 2. The molecule has 1 heterocycles. The molecule has 0 saturated carbocycles. The van der Waals surface area contributed by atoms with Crippen molar-refractivity contribution in [3.63, 3.8) is 0 Å². The molecule has 2 aromatic carbocycles. The first-order chi connectivity index (χ1) is 13.8.